The van der Waals surface area contributed by atoms with E-state index in [0.29, 0.717) is 11.5 Å². The van der Waals surface area contributed by atoms with E-state index in [1.54, 1.807) is 12.1 Å². The van der Waals surface area contributed by atoms with Gasteiger partial charge in [0.1, 0.15) is 5.75 Å². The first kappa shape index (κ1) is 10.9. The number of aliphatic carboxylic acids is 1. The number of benzene rings is 1. The molecule has 1 aromatic carbocycles. The molecule has 0 saturated carbocycles. The van der Waals surface area contributed by atoms with Gasteiger partial charge in [-0.05, 0) is 24.6 Å². The van der Waals surface area contributed by atoms with E-state index < -0.39 is 12.1 Å². The number of carboxylic acids is 1. The zero-order valence-electron chi connectivity index (χ0n) is 7.80. The molecule has 0 bridgehead atoms. The van der Waals surface area contributed by atoms with Crippen LogP contribution >= 0.6 is 12.6 Å². The van der Waals surface area contributed by atoms with E-state index in [4.69, 9.17) is 9.84 Å². The molecule has 76 valence electrons. The van der Waals surface area contributed by atoms with E-state index >= 15 is 0 Å². The van der Waals surface area contributed by atoms with Crippen molar-refractivity contribution >= 4 is 18.6 Å². The van der Waals surface area contributed by atoms with Crippen LogP contribution in [-0.2, 0) is 10.5 Å². The molecule has 0 unspecified atom stereocenters. The largest absolute Gasteiger partial charge is 0.479 e. The highest BCUT2D eigenvalue weighted by atomic mass is 32.1. The molecule has 3 nitrogen and oxygen atoms in total. The second-order valence-electron chi connectivity index (χ2n) is 2.90. The Morgan fingerprint density at radius 3 is 2.93 bits per heavy atom. The van der Waals surface area contributed by atoms with Gasteiger partial charge in [-0.2, -0.15) is 12.6 Å². The van der Waals surface area contributed by atoms with E-state index in [1.807, 2.05) is 12.1 Å². The fraction of sp³-hybridized carbons (Fsp3) is 0.300. The summed E-state index contributed by atoms with van der Waals surface area (Å²) in [5.74, 6) is 0.200. The Kier molecular flexibility index (Phi) is 3.83. The molecule has 1 rings (SSSR count). The summed E-state index contributed by atoms with van der Waals surface area (Å²) in [6, 6.07) is 7.24. The van der Waals surface area contributed by atoms with E-state index in [9.17, 15) is 4.79 Å². The normalized spacial score (nSPS) is 12.1. The van der Waals surface area contributed by atoms with Gasteiger partial charge in [0.2, 0.25) is 0 Å². The number of thiol groups is 1. The number of hydrogen-bond acceptors (Lipinski definition) is 3. The maximum Gasteiger partial charge on any atom is 0.344 e. The summed E-state index contributed by atoms with van der Waals surface area (Å²) in [4.78, 5) is 10.5. The molecule has 0 spiro atoms. The van der Waals surface area contributed by atoms with Gasteiger partial charge in [-0.15, -0.1) is 0 Å². The molecule has 0 amide bonds. The van der Waals surface area contributed by atoms with Gasteiger partial charge < -0.3 is 9.84 Å². The topological polar surface area (TPSA) is 46.5 Å². The first-order chi connectivity index (χ1) is 6.63. The van der Waals surface area contributed by atoms with Crippen LogP contribution in [-0.4, -0.2) is 17.2 Å². The second-order valence-corrected chi connectivity index (χ2v) is 3.22. The number of carbonyl (C=O) groups is 1. The standard InChI is InChI=1S/C10H12O3S/c1-7(10(11)12)13-9-4-2-3-8(5-9)6-14/h2-5,7,14H,6H2,1H3,(H,11,12)/t7-/m0/s1. The summed E-state index contributed by atoms with van der Waals surface area (Å²) in [6.45, 7) is 1.50. The number of carboxylic acid groups (broad SMARTS) is 1. The molecule has 14 heavy (non-hydrogen) atoms. The molecular weight excluding hydrogens is 200 g/mol. The van der Waals surface area contributed by atoms with Crippen LogP contribution in [0.5, 0.6) is 5.75 Å². The van der Waals surface area contributed by atoms with Crippen LogP contribution in [0.3, 0.4) is 0 Å². The lowest BCUT2D eigenvalue weighted by Gasteiger charge is -2.10. The number of hydrogen-bond donors (Lipinski definition) is 2. The lowest BCUT2D eigenvalue weighted by molar-refractivity contribution is -0.144. The highest BCUT2D eigenvalue weighted by molar-refractivity contribution is 7.79. The Morgan fingerprint density at radius 2 is 2.36 bits per heavy atom. The minimum atomic E-state index is -0.971. The summed E-state index contributed by atoms with van der Waals surface area (Å²) < 4.78 is 5.18. The van der Waals surface area contributed by atoms with Crippen molar-refractivity contribution in [2.45, 2.75) is 18.8 Å². The quantitative estimate of drug-likeness (QED) is 0.750. The number of rotatable bonds is 4. The molecule has 0 fully saturated rings. The van der Waals surface area contributed by atoms with Gasteiger partial charge in [-0.1, -0.05) is 12.1 Å². The van der Waals surface area contributed by atoms with Gasteiger partial charge in [0.15, 0.2) is 6.10 Å². The Balaban J connectivity index is 2.71. The van der Waals surface area contributed by atoms with Crippen LogP contribution in [0, 0.1) is 0 Å². The van der Waals surface area contributed by atoms with Crippen molar-refractivity contribution in [2.75, 3.05) is 0 Å². The van der Waals surface area contributed by atoms with Crippen molar-refractivity contribution in [1.29, 1.82) is 0 Å². The molecule has 0 aliphatic rings. The highest BCUT2D eigenvalue weighted by Crippen LogP contribution is 2.16. The second kappa shape index (κ2) is 4.91. The molecular formula is C10H12O3S. The van der Waals surface area contributed by atoms with Gasteiger partial charge in [-0.3, -0.25) is 0 Å². The molecule has 0 radical (unpaired) electrons. The third-order valence-corrected chi connectivity index (χ3v) is 2.11. The zero-order chi connectivity index (χ0) is 10.6. The molecule has 1 N–H and O–H groups in total. The molecule has 1 aromatic rings. The SMILES string of the molecule is C[C@H](Oc1cccc(CS)c1)C(=O)O. The van der Waals surface area contributed by atoms with Crippen LogP contribution in [0.25, 0.3) is 0 Å². The smallest absolute Gasteiger partial charge is 0.344 e. The predicted octanol–water partition coefficient (Wildman–Crippen LogP) is 1.97. The third-order valence-electron chi connectivity index (χ3n) is 1.74. The molecule has 1 atom stereocenters. The predicted molar refractivity (Wildman–Crippen MR) is 56.9 cm³/mol. The lowest BCUT2D eigenvalue weighted by Crippen LogP contribution is -2.22. The monoisotopic (exact) mass is 212 g/mol. The van der Waals surface area contributed by atoms with Crippen LogP contribution < -0.4 is 4.74 Å². The molecule has 0 aliphatic carbocycles. The van der Waals surface area contributed by atoms with E-state index in [1.165, 1.54) is 6.92 Å². The minimum absolute atomic E-state index is 0.562. The fourth-order valence-corrected chi connectivity index (χ4v) is 1.17. The summed E-state index contributed by atoms with van der Waals surface area (Å²) in [5.41, 5.74) is 1.00. The minimum Gasteiger partial charge on any atom is -0.479 e. The van der Waals surface area contributed by atoms with Crippen LogP contribution in [0.1, 0.15) is 12.5 Å². The molecule has 4 heteroatoms. The van der Waals surface area contributed by atoms with Crippen molar-refractivity contribution < 1.29 is 14.6 Å². The Morgan fingerprint density at radius 1 is 1.64 bits per heavy atom. The first-order valence-electron chi connectivity index (χ1n) is 4.22. The maximum atomic E-state index is 10.5. The van der Waals surface area contributed by atoms with Crippen LogP contribution in [0.15, 0.2) is 24.3 Å². The summed E-state index contributed by atoms with van der Waals surface area (Å²) >= 11 is 4.12. The summed E-state index contributed by atoms with van der Waals surface area (Å²) in [5, 5.41) is 8.63. The van der Waals surface area contributed by atoms with Gasteiger partial charge in [0, 0.05) is 5.75 Å². The summed E-state index contributed by atoms with van der Waals surface area (Å²) in [6.07, 6.45) is -0.829. The van der Waals surface area contributed by atoms with E-state index in [-0.39, 0.29) is 0 Å². The molecule has 0 aromatic heterocycles. The van der Waals surface area contributed by atoms with Crippen molar-refractivity contribution in [3.05, 3.63) is 29.8 Å². The highest BCUT2D eigenvalue weighted by Gasteiger charge is 2.11. The van der Waals surface area contributed by atoms with Gasteiger partial charge in [0.25, 0.3) is 0 Å². The van der Waals surface area contributed by atoms with Crippen LogP contribution in [0.2, 0.25) is 0 Å². The van der Waals surface area contributed by atoms with Crippen molar-refractivity contribution in [3.63, 3.8) is 0 Å². The van der Waals surface area contributed by atoms with Gasteiger partial charge >= 0.3 is 5.97 Å². The number of ether oxygens (including phenoxy) is 1. The lowest BCUT2D eigenvalue weighted by atomic mass is 10.2. The Bertz CT molecular complexity index is 325. The molecule has 0 saturated heterocycles. The average molecular weight is 212 g/mol. The van der Waals surface area contributed by atoms with E-state index in [2.05, 4.69) is 12.6 Å². The fourth-order valence-electron chi connectivity index (χ4n) is 0.972. The summed E-state index contributed by atoms with van der Waals surface area (Å²) in [7, 11) is 0. The van der Waals surface area contributed by atoms with Crippen LogP contribution in [0.4, 0.5) is 0 Å². The van der Waals surface area contributed by atoms with Crippen molar-refractivity contribution in [1.82, 2.24) is 0 Å². The molecule has 0 heterocycles. The molecule has 0 aliphatic heterocycles. The van der Waals surface area contributed by atoms with E-state index in [0.717, 1.165) is 5.56 Å². The van der Waals surface area contributed by atoms with Gasteiger partial charge in [-0.25, -0.2) is 4.79 Å². The third kappa shape index (κ3) is 2.96. The van der Waals surface area contributed by atoms with Gasteiger partial charge in [0.05, 0.1) is 0 Å². The Hall–Kier alpha value is -1.16. The maximum absolute atomic E-state index is 10.5. The first-order valence-corrected chi connectivity index (χ1v) is 4.86. The van der Waals surface area contributed by atoms with Crippen molar-refractivity contribution in [3.8, 4) is 5.75 Å². The Labute approximate surface area is 88.1 Å². The zero-order valence-corrected chi connectivity index (χ0v) is 8.70. The average Bonchev–Trinajstić information content (AvgIpc) is 2.18. The van der Waals surface area contributed by atoms with Crippen molar-refractivity contribution in [2.24, 2.45) is 0 Å².